The van der Waals surface area contributed by atoms with Crippen LogP contribution in [0.1, 0.15) is 88.1 Å². The molecule has 0 saturated heterocycles. The summed E-state index contributed by atoms with van der Waals surface area (Å²) in [7, 11) is 0. The summed E-state index contributed by atoms with van der Waals surface area (Å²) in [6, 6.07) is 9.82. The van der Waals surface area contributed by atoms with Crippen LogP contribution in [0.2, 0.25) is 0 Å². The van der Waals surface area contributed by atoms with Gasteiger partial charge in [-0.15, -0.1) is 0 Å². The zero-order valence-electron chi connectivity index (χ0n) is 18.0. The van der Waals surface area contributed by atoms with Crippen LogP contribution in [0.4, 0.5) is 35.1 Å². The molecule has 0 radical (unpaired) electrons. The molecule has 198 valence electrons. The summed E-state index contributed by atoms with van der Waals surface area (Å²) < 4.78 is 89.2. The van der Waals surface area contributed by atoms with Gasteiger partial charge in [0, 0.05) is 12.8 Å². The van der Waals surface area contributed by atoms with Gasteiger partial charge in [0.25, 0.3) is 0 Å². The van der Waals surface area contributed by atoms with E-state index in [2.05, 4.69) is 0 Å². The van der Waals surface area contributed by atoms with Gasteiger partial charge in [0.15, 0.2) is 0 Å². The molecular formula is C24H46F8. The van der Waals surface area contributed by atoms with Crippen molar-refractivity contribution in [1.82, 2.24) is 0 Å². The first-order valence-electron chi connectivity index (χ1n) is 9.28. The van der Waals surface area contributed by atoms with Crippen LogP contribution in [0.15, 0.2) is 30.3 Å². The van der Waals surface area contributed by atoms with E-state index in [9.17, 15) is 35.1 Å². The zero-order chi connectivity index (χ0) is 23.7. The largest absolute Gasteiger partial charge is 0.452 e. The van der Waals surface area contributed by atoms with Crippen molar-refractivity contribution in [2.75, 3.05) is 20.0 Å². The minimum atomic E-state index is -5.40. The SMILES string of the molecule is C.C.C.CC(C)(C)CF.CC(F)(F)C(F)(F)F.CCC(CF)c1ccccc1.CCCF. The van der Waals surface area contributed by atoms with Gasteiger partial charge >= 0.3 is 12.1 Å². The number of hydrogen-bond donors (Lipinski definition) is 0. The highest BCUT2D eigenvalue weighted by molar-refractivity contribution is 5.19. The standard InChI is InChI=1S/C10H13F.C5H11F.C3H3F5.C3H7F.3CH4/c1-2-9(8-11)10-6-4-3-5-7-10;1-5(2,3)4-6;1-2(4,5)3(6,7)8;1-2-3-4;;;/h3-7,9H,2,8H2,1H3;4H2,1-3H3;1H3;2-3H2,1H3;3*1H4. The van der Waals surface area contributed by atoms with Gasteiger partial charge in [-0.05, 0) is 23.8 Å². The lowest BCUT2D eigenvalue weighted by Gasteiger charge is -2.12. The normalized spacial score (nSPS) is 11.2. The number of benzene rings is 1. The quantitative estimate of drug-likeness (QED) is 0.371. The second-order valence-electron chi connectivity index (χ2n) is 7.44. The molecule has 32 heavy (non-hydrogen) atoms. The molecule has 0 bridgehead atoms. The molecule has 0 nitrogen and oxygen atoms in total. The Morgan fingerprint density at radius 2 is 1.06 bits per heavy atom. The van der Waals surface area contributed by atoms with E-state index in [1.54, 1.807) is 6.92 Å². The van der Waals surface area contributed by atoms with E-state index in [1.165, 1.54) is 0 Å². The van der Waals surface area contributed by atoms with Crippen molar-refractivity contribution in [3.63, 3.8) is 0 Å². The fourth-order valence-electron chi connectivity index (χ4n) is 1.16. The summed E-state index contributed by atoms with van der Waals surface area (Å²) >= 11 is 0. The summed E-state index contributed by atoms with van der Waals surface area (Å²) in [5, 5.41) is 0. The second-order valence-corrected chi connectivity index (χ2v) is 7.44. The lowest BCUT2D eigenvalue weighted by molar-refractivity contribution is -0.273. The minimum Gasteiger partial charge on any atom is -0.251 e. The Labute approximate surface area is 191 Å². The number of rotatable bonds is 4. The van der Waals surface area contributed by atoms with E-state index in [0.29, 0.717) is 6.42 Å². The lowest BCUT2D eigenvalue weighted by atomic mass is 9.98. The summed E-state index contributed by atoms with van der Waals surface area (Å²) in [5.74, 6) is -4.47. The zero-order valence-corrected chi connectivity index (χ0v) is 18.0. The molecule has 1 aromatic rings. The summed E-state index contributed by atoms with van der Waals surface area (Å²) in [6.07, 6.45) is -3.87. The number of alkyl halides is 8. The lowest BCUT2D eigenvalue weighted by Crippen LogP contribution is -2.32. The summed E-state index contributed by atoms with van der Waals surface area (Å²) in [5.41, 5.74) is 0.984. The third-order valence-corrected chi connectivity index (χ3v) is 3.04. The Morgan fingerprint density at radius 3 is 1.22 bits per heavy atom. The minimum absolute atomic E-state index is 0. The van der Waals surface area contributed by atoms with Crippen molar-refractivity contribution < 1.29 is 35.1 Å². The molecule has 0 spiro atoms. The Kier molecular flexibility index (Phi) is 31.7. The average Bonchev–Trinajstić information content (AvgIpc) is 2.63. The van der Waals surface area contributed by atoms with Crippen molar-refractivity contribution in [1.29, 1.82) is 0 Å². The molecule has 0 amide bonds. The molecule has 1 unspecified atom stereocenters. The second kappa shape index (κ2) is 22.8. The van der Waals surface area contributed by atoms with Gasteiger partial charge in [0.05, 0.1) is 20.0 Å². The van der Waals surface area contributed by atoms with Gasteiger partial charge in [-0.1, -0.05) is 87.2 Å². The van der Waals surface area contributed by atoms with Crippen molar-refractivity contribution in [2.45, 2.75) is 94.7 Å². The molecule has 0 aromatic heterocycles. The predicted octanol–water partition coefficient (Wildman–Crippen LogP) is 10.6. The first kappa shape index (κ1) is 44.4. The van der Waals surface area contributed by atoms with E-state index in [1.807, 2.05) is 58.0 Å². The van der Waals surface area contributed by atoms with Crippen LogP contribution >= 0.6 is 0 Å². The number of hydrogen-bond acceptors (Lipinski definition) is 0. The maximum absolute atomic E-state index is 12.3. The van der Waals surface area contributed by atoms with Crippen LogP contribution in [0.3, 0.4) is 0 Å². The third kappa shape index (κ3) is 28.7. The topological polar surface area (TPSA) is 0 Å². The van der Waals surface area contributed by atoms with Crippen LogP contribution in [0.25, 0.3) is 0 Å². The van der Waals surface area contributed by atoms with E-state index in [0.717, 1.165) is 12.0 Å². The molecule has 0 aliphatic heterocycles. The monoisotopic (exact) mass is 486 g/mol. The highest BCUT2D eigenvalue weighted by atomic mass is 19.4. The van der Waals surface area contributed by atoms with Gasteiger partial charge < -0.3 is 0 Å². The molecule has 1 aromatic carbocycles. The van der Waals surface area contributed by atoms with E-state index in [-0.39, 0.29) is 60.6 Å². The van der Waals surface area contributed by atoms with Crippen LogP contribution < -0.4 is 0 Å². The Balaban J connectivity index is -0.0000000725. The van der Waals surface area contributed by atoms with E-state index >= 15 is 0 Å². The fourth-order valence-corrected chi connectivity index (χ4v) is 1.16. The molecule has 0 aliphatic rings. The van der Waals surface area contributed by atoms with E-state index < -0.39 is 12.1 Å². The molecule has 0 heterocycles. The van der Waals surface area contributed by atoms with Gasteiger partial charge in [-0.25, -0.2) is 0 Å². The van der Waals surface area contributed by atoms with Gasteiger partial charge in [0.1, 0.15) is 0 Å². The number of halogens is 8. The highest BCUT2D eigenvalue weighted by Crippen LogP contribution is 2.34. The Bertz CT molecular complexity index is 442. The van der Waals surface area contributed by atoms with Gasteiger partial charge in [-0.2, -0.15) is 22.0 Å². The summed E-state index contributed by atoms with van der Waals surface area (Å²) in [6.45, 7) is 8.57. The Hall–Kier alpha value is -1.34. The Morgan fingerprint density at radius 1 is 0.750 bits per heavy atom. The van der Waals surface area contributed by atoms with Gasteiger partial charge in [-0.3, -0.25) is 13.2 Å². The highest BCUT2D eigenvalue weighted by Gasteiger charge is 2.53. The van der Waals surface area contributed by atoms with Crippen molar-refractivity contribution in [2.24, 2.45) is 5.41 Å². The first-order valence-corrected chi connectivity index (χ1v) is 9.28. The van der Waals surface area contributed by atoms with Gasteiger partial charge in [0.2, 0.25) is 0 Å². The van der Waals surface area contributed by atoms with Crippen LogP contribution in [0.5, 0.6) is 0 Å². The predicted molar refractivity (Wildman–Crippen MR) is 124 cm³/mol. The van der Waals surface area contributed by atoms with Crippen LogP contribution in [-0.4, -0.2) is 32.1 Å². The molecule has 0 N–H and O–H groups in total. The van der Waals surface area contributed by atoms with Crippen molar-refractivity contribution >= 4 is 0 Å². The molecular weight excluding hydrogens is 440 g/mol. The maximum atomic E-state index is 12.3. The molecule has 8 heteroatoms. The molecule has 0 fully saturated rings. The van der Waals surface area contributed by atoms with Crippen molar-refractivity contribution in [3.8, 4) is 0 Å². The maximum Gasteiger partial charge on any atom is 0.452 e. The van der Waals surface area contributed by atoms with Crippen molar-refractivity contribution in [3.05, 3.63) is 35.9 Å². The summed E-state index contributed by atoms with van der Waals surface area (Å²) in [4.78, 5) is 0. The molecule has 1 atom stereocenters. The molecule has 1 rings (SSSR count). The third-order valence-electron chi connectivity index (χ3n) is 3.04. The van der Waals surface area contributed by atoms with E-state index in [4.69, 9.17) is 0 Å². The smallest absolute Gasteiger partial charge is 0.251 e. The van der Waals surface area contributed by atoms with Crippen LogP contribution in [0, 0.1) is 5.41 Å². The molecule has 0 saturated carbocycles. The first-order chi connectivity index (χ1) is 13.1. The average molecular weight is 487 g/mol. The molecule has 0 aliphatic carbocycles. The fraction of sp³-hybridized carbons (Fsp3) is 0.750. The van der Waals surface area contributed by atoms with Crippen LogP contribution in [-0.2, 0) is 0 Å².